The molecule has 1 heterocycles. The number of hydrogen-bond acceptors (Lipinski definition) is 3. The Labute approximate surface area is 146 Å². The number of hydrogen-bond donors (Lipinski definition) is 1. The number of sulfonamides is 1. The normalized spacial score (nSPS) is 15.0. The van der Waals surface area contributed by atoms with Gasteiger partial charge in [0, 0.05) is 24.3 Å². The molecule has 1 aliphatic rings. The van der Waals surface area contributed by atoms with Gasteiger partial charge in [-0.1, -0.05) is 0 Å². The second-order valence-corrected chi connectivity index (χ2v) is 7.67. The molecule has 1 saturated heterocycles. The monoisotopic (exact) mass is 362 g/mol. The van der Waals surface area contributed by atoms with E-state index in [-0.39, 0.29) is 16.5 Å². The first-order valence-corrected chi connectivity index (χ1v) is 9.62. The minimum absolute atomic E-state index is 0.0482. The van der Waals surface area contributed by atoms with E-state index < -0.39 is 15.8 Å². The number of anilines is 1. The SMILES string of the molecule is O=C(c1ccc(S(=O)(=O)Nc2ccc(F)cc2)cc1)N1CCCCC1. The summed E-state index contributed by atoms with van der Waals surface area (Å²) in [6.07, 6.45) is 3.13. The number of carbonyl (C=O) groups is 1. The first-order chi connectivity index (χ1) is 12.0. The zero-order chi connectivity index (χ0) is 17.9. The fraction of sp³-hybridized carbons (Fsp3) is 0.278. The van der Waals surface area contributed by atoms with Gasteiger partial charge < -0.3 is 4.90 Å². The number of benzene rings is 2. The van der Waals surface area contributed by atoms with Crippen LogP contribution in [0, 0.1) is 5.82 Å². The van der Waals surface area contributed by atoms with Crippen molar-refractivity contribution in [2.24, 2.45) is 0 Å². The number of likely N-dealkylation sites (tertiary alicyclic amines) is 1. The third-order valence-corrected chi connectivity index (χ3v) is 5.55. The first kappa shape index (κ1) is 17.4. The van der Waals surface area contributed by atoms with Gasteiger partial charge in [-0.15, -0.1) is 0 Å². The van der Waals surface area contributed by atoms with Crippen LogP contribution in [-0.4, -0.2) is 32.3 Å². The van der Waals surface area contributed by atoms with Crippen LogP contribution in [0.1, 0.15) is 29.6 Å². The van der Waals surface area contributed by atoms with Crippen molar-refractivity contribution in [1.29, 1.82) is 0 Å². The van der Waals surface area contributed by atoms with Crippen LogP contribution >= 0.6 is 0 Å². The van der Waals surface area contributed by atoms with Crippen LogP contribution in [0.5, 0.6) is 0 Å². The molecule has 1 amide bonds. The van der Waals surface area contributed by atoms with Crippen LogP contribution < -0.4 is 4.72 Å². The van der Waals surface area contributed by atoms with E-state index in [1.807, 2.05) is 0 Å². The molecule has 25 heavy (non-hydrogen) atoms. The first-order valence-electron chi connectivity index (χ1n) is 8.13. The molecule has 0 aromatic heterocycles. The number of amides is 1. The Kier molecular flexibility index (Phi) is 5.03. The maximum absolute atomic E-state index is 12.9. The fourth-order valence-electron chi connectivity index (χ4n) is 2.79. The quantitative estimate of drug-likeness (QED) is 0.908. The Morgan fingerprint density at radius 3 is 2.12 bits per heavy atom. The Bertz CT molecular complexity index is 843. The van der Waals surface area contributed by atoms with Crippen LogP contribution in [0.25, 0.3) is 0 Å². The minimum Gasteiger partial charge on any atom is -0.339 e. The van der Waals surface area contributed by atoms with Crippen LogP contribution in [0.4, 0.5) is 10.1 Å². The molecule has 0 unspecified atom stereocenters. The van der Waals surface area contributed by atoms with Crippen molar-refractivity contribution < 1.29 is 17.6 Å². The number of rotatable bonds is 4. The van der Waals surface area contributed by atoms with Gasteiger partial charge in [-0.3, -0.25) is 9.52 Å². The average Bonchev–Trinajstić information content (AvgIpc) is 2.64. The molecule has 3 rings (SSSR count). The summed E-state index contributed by atoms with van der Waals surface area (Å²) < 4.78 is 40.0. The van der Waals surface area contributed by atoms with E-state index in [1.54, 1.807) is 4.90 Å². The molecule has 0 bridgehead atoms. The standard InChI is InChI=1S/C18H19FN2O3S/c19-15-6-8-16(9-7-15)20-25(23,24)17-10-4-14(5-11-17)18(22)21-12-2-1-3-13-21/h4-11,20H,1-3,12-13H2. The molecule has 5 nitrogen and oxygen atoms in total. The Morgan fingerprint density at radius 1 is 0.920 bits per heavy atom. The highest BCUT2D eigenvalue weighted by Gasteiger charge is 2.19. The van der Waals surface area contributed by atoms with Gasteiger partial charge in [0.1, 0.15) is 5.82 Å². The lowest BCUT2D eigenvalue weighted by Crippen LogP contribution is -2.35. The van der Waals surface area contributed by atoms with E-state index in [0.717, 1.165) is 32.4 Å². The van der Waals surface area contributed by atoms with Crippen LogP contribution in [-0.2, 0) is 10.0 Å². The van der Waals surface area contributed by atoms with Crippen LogP contribution in [0.3, 0.4) is 0 Å². The maximum atomic E-state index is 12.9. The third-order valence-electron chi connectivity index (χ3n) is 4.15. The molecule has 1 aliphatic heterocycles. The van der Waals surface area contributed by atoms with Crippen molar-refractivity contribution >= 4 is 21.6 Å². The van der Waals surface area contributed by atoms with Gasteiger partial charge in [-0.05, 0) is 67.8 Å². The largest absolute Gasteiger partial charge is 0.339 e. The van der Waals surface area contributed by atoms with Crippen molar-refractivity contribution in [3.8, 4) is 0 Å². The molecular weight excluding hydrogens is 343 g/mol. The third kappa shape index (κ3) is 4.17. The highest BCUT2D eigenvalue weighted by molar-refractivity contribution is 7.92. The second kappa shape index (κ2) is 7.23. The van der Waals surface area contributed by atoms with Gasteiger partial charge in [0.25, 0.3) is 15.9 Å². The Hall–Kier alpha value is -2.41. The molecule has 0 spiro atoms. The summed E-state index contributed by atoms with van der Waals surface area (Å²) in [5, 5.41) is 0. The summed E-state index contributed by atoms with van der Waals surface area (Å²) in [4.78, 5) is 14.3. The van der Waals surface area contributed by atoms with Gasteiger partial charge in [0.2, 0.25) is 0 Å². The zero-order valence-corrected chi connectivity index (χ0v) is 14.4. The van der Waals surface area contributed by atoms with Crippen molar-refractivity contribution in [2.75, 3.05) is 17.8 Å². The van der Waals surface area contributed by atoms with Gasteiger partial charge >= 0.3 is 0 Å². The maximum Gasteiger partial charge on any atom is 0.261 e. The van der Waals surface area contributed by atoms with Gasteiger partial charge in [-0.25, -0.2) is 12.8 Å². The highest BCUT2D eigenvalue weighted by atomic mass is 32.2. The smallest absolute Gasteiger partial charge is 0.261 e. The van der Waals surface area contributed by atoms with E-state index in [0.29, 0.717) is 5.56 Å². The molecule has 2 aromatic carbocycles. The zero-order valence-electron chi connectivity index (χ0n) is 13.6. The van der Waals surface area contributed by atoms with E-state index in [2.05, 4.69) is 4.72 Å². The highest BCUT2D eigenvalue weighted by Crippen LogP contribution is 2.19. The van der Waals surface area contributed by atoms with Gasteiger partial charge in [-0.2, -0.15) is 0 Å². The predicted molar refractivity (Wildman–Crippen MR) is 93.4 cm³/mol. The summed E-state index contributed by atoms with van der Waals surface area (Å²) >= 11 is 0. The molecule has 0 radical (unpaired) electrons. The second-order valence-electron chi connectivity index (χ2n) is 5.99. The number of carbonyl (C=O) groups excluding carboxylic acids is 1. The summed E-state index contributed by atoms with van der Waals surface area (Å²) in [6.45, 7) is 1.48. The number of nitrogens with zero attached hydrogens (tertiary/aromatic N) is 1. The van der Waals surface area contributed by atoms with Crippen molar-refractivity contribution in [3.05, 3.63) is 59.9 Å². The van der Waals surface area contributed by atoms with E-state index >= 15 is 0 Å². The minimum atomic E-state index is -3.79. The molecule has 2 aromatic rings. The summed E-state index contributed by atoms with van der Waals surface area (Å²) in [5.74, 6) is -0.515. The Balaban J connectivity index is 1.74. The summed E-state index contributed by atoms with van der Waals surface area (Å²) in [5.41, 5.74) is 0.748. The van der Waals surface area contributed by atoms with E-state index in [9.17, 15) is 17.6 Å². The average molecular weight is 362 g/mol. The molecule has 132 valence electrons. The molecule has 0 atom stereocenters. The summed E-state index contributed by atoms with van der Waals surface area (Å²) in [6, 6.07) is 10.9. The van der Waals surface area contributed by atoms with Crippen LogP contribution in [0.15, 0.2) is 53.4 Å². The Morgan fingerprint density at radius 2 is 1.52 bits per heavy atom. The molecule has 1 fully saturated rings. The lowest BCUT2D eigenvalue weighted by Gasteiger charge is -2.26. The lowest BCUT2D eigenvalue weighted by molar-refractivity contribution is 0.0724. The fourth-order valence-corrected chi connectivity index (χ4v) is 3.85. The van der Waals surface area contributed by atoms with Gasteiger partial charge in [0.15, 0.2) is 0 Å². The van der Waals surface area contributed by atoms with Crippen molar-refractivity contribution in [3.63, 3.8) is 0 Å². The molecular formula is C18H19FN2O3S. The van der Waals surface area contributed by atoms with Crippen molar-refractivity contribution in [1.82, 2.24) is 4.90 Å². The van der Waals surface area contributed by atoms with Gasteiger partial charge in [0.05, 0.1) is 4.90 Å². The number of halogens is 1. The van der Waals surface area contributed by atoms with E-state index in [1.165, 1.54) is 48.5 Å². The molecule has 0 aliphatic carbocycles. The molecule has 1 N–H and O–H groups in total. The molecule has 7 heteroatoms. The number of piperidine rings is 1. The topological polar surface area (TPSA) is 66.5 Å². The predicted octanol–water partition coefficient (Wildman–Crippen LogP) is 3.25. The lowest BCUT2D eigenvalue weighted by atomic mass is 10.1. The van der Waals surface area contributed by atoms with E-state index in [4.69, 9.17) is 0 Å². The summed E-state index contributed by atoms with van der Waals surface area (Å²) in [7, 11) is -3.79. The van der Waals surface area contributed by atoms with Crippen molar-refractivity contribution in [2.45, 2.75) is 24.2 Å². The molecule has 0 saturated carbocycles. The van der Waals surface area contributed by atoms with Crippen LogP contribution in [0.2, 0.25) is 0 Å². The number of nitrogens with one attached hydrogen (secondary N) is 1.